The first-order valence-corrected chi connectivity index (χ1v) is 7.77. The fourth-order valence-corrected chi connectivity index (χ4v) is 3.19. The third-order valence-corrected chi connectivity index (χ3v) is 4.32. The number of imidazole rings is 1. The lowest BCUT2D eigenvalue weighted by atomic mass is 9.87. The average molecular weight is 376 g/mol. The molecule has 3 heteroatoms. The van der Waals surface area contributed by atoms with Gasteiger partial charge in [0.25, 0.3) is 0 Å². The Labute approximate surface area is 133 Å². The van der Waals surface area contributed by atoms with Crippen molar-refractivity contribution in [3.8, 4) is 5.69 Å². The first kappa shape index (κ1) is 13.6. The van der Waals surface area contributed by atoms with Crippen LogP contribution in [0, 0.1) is 3.57 Å². The molecule has 0 atom stereocenters. The minimum atomic E-state index is 0.143. The van der Waals surface area contributed by atoms with Crippen LogP contribution in [0.15, 0.2) is 48.8 Å². The van der Waals surface area contributed by atoms with E-state index in [4.69, 9.17) is 0 Å². The molecule has 0 amide bonds. The SMILES string of the molecule is CC(C)(C)c1cc(I)c2c(c1)ncn2-c1ccccc1. The van der Waals surface area contributed by atoms with Crippen molar-refractivity contribution in [1.29, 1.82) is 0 Å². The van der Waals surface area contributed by atoms with E-state index in [0.29, 0.717) is 0 Å². The van der Waals surface area contributed by atoms with Gasteiger partial charge < -0.3 is 0 Å². The van der Waals surface area contributed by atoms with E-state index in [-0.39, 0.29) is 5.41 Å². The van der Waals surface area contributed by atoms with Crippen LogP contribution in [0.25, 0.3) is 16.7 Å². The van der Waals surface area contributed by atoms with Crippen LogP contribution in [0.3, 0.4) is 0 Å². The zero-order valence-electron chi connectivity index (χ0n) is 11.9. The maximum absolute atomic E-state index is 4.59. The van der Waals surface area contributed by atoms with Gasteiger partial charge in [-0.2, -0.15) is 0 Å². The summed E-state index contributed by atoms with van der Waals surface area (Å²) in [6.45, 7) is 6.70. The molecule has 0 N–H and O–H groups in total. The van der Waals surface area contributed by atoms with E-state index in [9.17, 15) is 0 Å². The summed E-state index contributed by atoms with van der Waals surface area (Å²) in [6, 6.07) is 14.8. The van der Waals surface area contributed by atoms with Crippen molar-refractivity contribution in [2.45, 2.75) is 26.2 Å². The van der Waals surface area contributed by atoms with E-state index in [2.05, 4.69) is 89.3 Å². The maximum atomic E-state index is 4.59. The van der Waals surface area contributed by atoms with Gasteiger partial charge in [0.2, 0.25) is 0 Å². The van der Waals surface area contributed by atoms with E-state index in [1.165, 1.54) is 14.7 Å². The summed E-state index contributed by atoms with van der Waals surface area (Å²) in [5.41, 5.74) is 4.87. The molecule has 2 aromatic carbocycles. The van der Waals surface area contributed by atoms with Crippen molar-refractivity contribution >= 4 is 33.6 Å². The molecule has 1 heterocycles. The number of hydrogen-bond donors (Lipinski definition) is 0. The number of rotatable bonds is 1. The van der Waals surface area contributed by atoms with Crippen molar-refractivity contribution in [2.75, 3.05) is 0 Å². The van der Waals surface area contributed by atoms with Gasteiger partial charge in [0.05, 0.1) is 11.0 Å². The lowest BCUT2D eigenvalue weighted by Crippen LogP contribution is -2.11. The van der Waals surface area contributed by atoms with Gasteiger partial charge in [-0.15, -0.1) is 0 Å². The number of benzene rings is 2. The highest BCUT2D eigenvalue weighted by atomic mass is 127. The predicted octanol–water partition coefficient (Wildman–Crippen LogP) is 4.93. The highest BCUT2D eigenvalue weighted by Crippen LogP contribution is 2.30. The molecule has 0 unspecified atom stereocenters. The third-order valence-electron chi connectivity index (χ3n) is 3.50. The first-order chi connectivity index (χ1) is 9.47. The highest BCUT2D eigenvalue weighted by Gasteiger charge is 2.17. The van der Waals surface area contributed by atoms with Crippen molar-refractivity contribution in [1.82, 2.24) is 9.55 Å². The molecule has 0 aliphatic rings. The van der Waals surface area contributed by atoms with Crippen LogP contribution in [0.4, 0.5) is 0 Å². The van der Waals surface area contributed by atoms with Crippen molar-refractivity contribution in [3.63, 3.8) is 0 Å². The summed E-state index contributed by atoms with van der Waals surface area (Å²) < 4.78 is 3.40. The number of hydrogen-bond acceptors (Lipinski definition) is 1. The zero-order valence-corrected chi connectivity index (χ0v) is 14.0. The second kappa shape index (κ2) is 4.88. The Morgan fingerprint density at radius 1 is 1.05 bits per heavy atom. The Kier molecular flexibility index (Phi) is 3.32. The highest BCUT2D eigenvalue weighted by molar-refractivity contribution is 14.1. The second-order valence-corrected chi connectivity index (χ2v) is 7.19. The molecule has 3 rings (SSSR count). The molecular formula is C17H17IN2. The van der Waals surface area contributed by atoms with E-state index in [1.807, 2.05) is 12.4 Å². The monoisotopic (exact) mass is 376 g/mol. The summed E-state index contributed by atoms with van der Waals surface area (Å²) >= 11 is 2.41. The fraction of sp³-hybridized carbons (Fsp3) is 0.235. The van der Waals surface area contributed by atoms with Gasteiger partial charge in [0.1, 0.15) is 6.33 Å². The van der Waals surface area contributed by atoms with Crippen molar-refractivity contribution in [3.05, 3.63) is 57.9 Å². The molecule has 0 bridgehead atoms. The molecule has 0 radical (unpaired) electrons. The molecule has 20 heavy (non-hydrogen) atoms. The molecule has 0 saturated carbocycles. The summed E-state index contributed by atoms with van der Waals surface area (Å²) in [7, 11) is 0. The molecule has 0 saturated heterocycles. The van der Waals surface area contributed by atoms with Crippen LogP contribution < -0.4 is 0 Å². The van der Waals surface area contributed by atoms with Gasteiger partial charge in [-0.1, -0.05) is 39.0 Å². The summed E-state index contributed by atoms with van der Waals surface area (Å²) in [5, 5.41) is 0. The van der Waals surface area contributed by atoms with E-state index in [1.54, 1.807) is 0 Å². The van der Waals surface area contributed by atoms with Gasteiger partial charge in [-0.3, -0.25) is 4.57 Å². The van der Waals surface area contributed by atoms with Crippen LogP contribution in [-0.4, -0.2) is 9.55 Å². The van der Waals surface area contributed by atoms with Crippen LogP contribution in [0.2, 0.25) is 0 Å². The summed E-state index contributed by atoms with van der Waals surface area (Å²) in [5.74, 6) is 0. The number of fused-ring (bicyclic) bond motifs is 1. The Morgan fingerprint density at radius 3 is 2.40 bits per heavy atom. The van der Waals surface area contributed by atoms with Gasteiger partial charge in [0, 0.05) is 9.26 Å². The largest absolute Gasteiger partial charge is 0.298 e. The zero-order chi connectivity index (χ0) is 14.3. The molecule has 0 fully saturated rings. The van der Waals surface area contributed by atoms with E-state index in [0.717, 1.165) is 11.2 Å². The molecule has 102 valence electrons. The maximum Gasteiger partial charge on any atom is 0.100 e. The first-order valence-electron chi connectivity index (χ1n) is 6.69. The van der Waals surface area contributed by atoms with Crippen LogP contribution in [0.1, 0.15) is 26.3 Å². The van der Waals surface area contributed by atoms with Gasteiger partial charge >= 0.3 is 0 Å². The fourth-order valence-electron chi connectivity index (χ4n) is 2.32. The Hall–Kier alpha value is -1.36. The lowest BCUT2D eigenvalue weighted by molar-refractivity contribution is 0.590. The minimum absolute atomic E-state index is 0.143. The Bertz CT molecular complexity index is 752. The smallest absolute Gasteiger partial charge is 0.100 e. The lowest BCUT2D eigenvalue weighted by Gasteiger charge is -2.19. The topological polar surface area (TPSA) is 17.8 Å². The molecule has 1 aromatic heterocycles. The molecular weight excluding hydrogens is 359 g/mol. The predicted molar refractivity (Wildman–Crippen MR) is 92.5 cm³/mol. The Balaban J connectivity index is 2.24. The van der Waals surface area contributed by atoms with Crippen molar-refractivity contribution < 1.29 is 0 Å². The standard InChI is InChI=1S/C17H17IN2/c1-17(2,3)12-9-14(18)16-15(10-12)19-11-20(16)13-7-5-4-6-8-13/h4-11H,1-3H3. The van der Waals surface area contributed by atoms with Crippen molar-refractivity contribution in [2.24, 2.45) is 0 Å². The molecule has 0 aliphatic carbocycles. The number of halogens is 1. The average Bonchev–Trinajstić information content (AvgIpc) is 2.83. The Morgan fingerprint density at radius 2 is 1.75 bits per heavy atom. The summed E-state index contributed by atoms with van der Waals surface area (Å²) in [6.07, 6.45) is 1.91. The van der Waals surface area contributed by atoms with Gasteiger partial charge in [0.15, 0.2) is 0 Å². The molecule has 0 aliphatic heterocycles. The van der Waals surface area contributed by atoms with Crippen LogP contribution >= 0.6 is 22.6 Å². The van der Waals surface area contributed by atoms with Crippen LogP contribution in [0.5, 0.6) is 0 Å². The number of nitrogens with zero attached hydrogens (tertiary/aromatic N) is 2. The minimum Gasteiger partial charge on any atom is -0.298 e. The molecule has 0 spiro atoms. The van der Waals surface area contributed by atoms with E-state index < -0.39 is 0 Å². The van der Waals surface area contributed by atoms with Gasteiger partial charge in [-0.25, -0.2) is 4.98 Å². The van der Waals surface area contributed by atoms with E-state index >= 15 is 0 Å². The van der Waals surface area contributed by atoms with Gasteiger partial charge in [-0.05, 0) is 57.8 Å². The molecule has 3 aromatic rings. The second-order valence-electron chi connectivity index (χ2n) is 6.03. The quantitative estimate of drug-likeness (QED) is 0.551. The normalized spacial score (nSPS) is 12.0. The number of para-hydroxylation sites is 1. The number of aromatic nitrogens is 2. The molecule has 2 nitrogen and oxygen atoms in total. The summed E-state index contributed by atoms with van der Waals surface area (Å²) in [4.78, 5) is 4.59. The van der Waals surface area contributed by atoms with Crippen LogP contribution in [-0.2, 0) is 5.41 Å². The third kappa shape index (κ3) is 2.35.